The molecule has 2 rings (SSSR count). The molecule has 1 heterocycles. The van der Waals surface area contributed by atoms with Crippen molar-refractivity contribution in [2.45, 2.75) is 13.8 Å². The van der Waals surface area contributed by atoms with E-state index in [-0.39, 0.29) is 5.95 Å². The van der Waals surface area contributed by atoms with Crippen molar-refractivity contribution in [3.8, 4) is 5.95 Å². The van der Waals surface area contributed by atoms with Gasteiger partial charge in [-0.25, -0.2) is 0 Å². The van der Waals surface area contributed by atoms with Gasteiger partial charge >= 0.3 is 5.95 Å². The molecule has 0 radical (unpaired) electrons. The van der Waals surface area contributed by atoms with Gasteiger partial charge in [0.05, 0.1) is 12.8 Å². The van der Waals surface area contributed by atoms with Crippen LogP contribution in [0.15, 0.2) is 39.0 Å². The second-order valence-corrected chi connectivity index (χ2v) is 3.65. The van der Waals surface area contributed by atoms with Crippen LogP contribution in [-0.4, -0.2) is 12.3 Å². The Morgan fingerprint density at radius 2 is 2.06 bits per heavy atom. The largest absolute Gasteiger partial charge is 0.465 e. The molecule has 0 amide bonds. The van der Waals surface area contributed by atoms with E-state index in [1.807, 2.05) is 31.2 Å². The van der Waals surface area contributed by atoms with E-state index in [2.05, 4.69) is 15.4 Å². The molecule has 0 N–H and O–H groups in total. The number of benzene rings is 1. The normalized spacial score (nSPS) is 11.0. The lowest BCUT2D eigenvalue weighted by Gasteiger charge is -1.95. The summed E-state index contributed by atoms with van der Waals surface area (Å²) in [4.78, 5) is 0. The van der Waals surface area contributed by atoms with Crippen LogP contribution in [0.2, 0.25) is 0 Å². The Hall–Kier alpha value is -2.17. The maximum Gasteiger partial charge on any atom is 0.339 e. The number of azo groups is 1. The van der Waals surface area contributed by atoms with Crippen LogP contribution in [0.25, 0.3) is 0 Å². The van der Waals surface area contributed by atoms with Crippen molar-refractivity contribution in [3.05, 3.63) is 35.5 Å². The standard InChI is InChI=1S/C12H13N3O2/c1-8-5-4-6-10(7-8)13-14-11-9(2)15-17-12(11)16-3/h4-7H,1-3H3. The highest BCUT2D eigenvalue weighted by molar-refractivity contribution is 5.49. The van der Waals surface area contributed by atoms with Crippen LogP contribution in [0, 0.1) is 13.8 Å². The summed E-state index contributed by atoms with van der Waals surface area (Å²) in [5.74, 6) is 0.277. The molecule has 0 bridgehead atoms. The van der Waals surface area contributed by atoms with Gasteiger partial charge < -0.3 is 9.26 Å². The lowest BCUT2D eigenvalue weighted by Crippen LogP contribution is -1.78. The number of rotatable bonds is 3. The third kappa shape index (κ3) is 2.50. The van der Waals surface area contributed by atoms with Crippen LogP contribution in [0.1, 0.15) is 11.3 Å². The molecule has 0 fully saturated rings. The first-order valence-corrected chi connectivity index (χ1v) is 5.19. The summed E-state index contributed by atoms with van der Waals surface area (Å²) in [6.45, 7) is 3.79. The molecule has 0 unspecified atom stereocenters. The van der Waals surface area contributed by atoms with E-state index in [1.165, 1.54) is 7.11 Å². The average Bonchev–Trinajstić information content (AvgIpc) is 2.67. The quantitative estimate of drug-likeness (QED) is 0.756. The van der Waals surface area contributed by atoms with Gasteiger partial charge in [0.2, 0.25) is 0 Å². The fourth-order valence-electron chi connectivity index (χ4n) is 1.39. The van der Waals surface area contributed by atoms with Crippen molar-refractivity contribution in [2.75, 3.05) is 7.11 Å². The maximum absolute atomic E-state index is 5.00. The summed E-state index contributed by atoms with van der Waals surface area (Å²) in [6, 6.07) is 7.76. The van der Waals surface area contributed by atoms with Gasteiger partial charge in [0, 0.05) is 0 Å². The summed E-state index contributed by atoms with van der Waals surface area (Å²) < 4.78 is 9.93. The molecule has 2 aromatic rings. The van der Waals surface area contributed by atoms with Crippen LogP contribution in [-0.2, 0) is 0 Å². The molecule has 0 saturated carbocycles. The number of nitrogens with zero attached hydrogens (tertiary/aromatic N) is 3. The summed E-state index contributed by atoms with van der Waals surface area (Å²) in [7, 11) is 1.51. The highest BCUT2D eigenvalue weighted by atomic mass is 16.6. The molecule has 0 aliphatic carbocycles. The maximum atomic E-state index is 5.00. The smallest absolute Gasteiger partial charge is 0.339 e. The first kappa shape index (κ1) is 11.3. The molecule has 88 valence electrons. The van der Waals surface area contributed by atoms with Crippen molar-refractivity contribution < 1.29 is 9.26 Å². The minimum atomic E-state index is 0.277. The molecular formula is C12H13N3O2. The number of ether oxygens (including phenoxy) is 1. The Labute approximate surface area is 99.1 Å². The first-order valence-electron chi connectivity index (χ1n) is 5.19. The first-order chi connectivity index (χ1) is 8.20. The van der Waals surface area contributed by atoms with Gasteiger partial charge in [-0.3, -0.25) is 0 Å². The second-order valence-electron chi connectivity index (χ2n) is 3.65. The van der Waals surface area contributed by atoms with Crippen molar-refractivity contribution >= 4 is 11.4 Å². The predicted molar refractivity (Wildman–Crippen MR) is 63.1 cm³/mol. The van der Waals surface area contributed by atoms with E-state index in [1.54, 1.807) is 6.92 Å². The number of aromatic nitrogens is 1. The molecule has 5 nitrogen and oxygen atoms in total. The number of aryl methyl sites for hydroxylation is 2. The Bertz CT molecular complexity index is 546. The Kier molecular flexibility index (Phi) is 3.18. The topological polar surface area (TPSA) is 60.0 Å². The van der Waals surface area contributed by atoms with Crippen LogP contribution in [0.3, 0.4) is 0 Å². The van der Waals surface area contributed by atoms with Crippen molar-refractivity contribution in [3.63, 3.8) is 0 Å². The highest BCUT2D eigenvalue weighted by Gasteiger charge is 2.12. The van der Waals surface area contributed by atoms with E-state index < -0.39 is 0 Å². The molecule has 1 aromatic carbocycles. The Balaban J connectivity index is 2.28. The SMILES string of the molecule is COc1onc(C)c1N=Nc1cccc(C)c1. The molecule has 0 aliphatic heterocycles. The molecule has 0 saturated heterocycles. The minimum Gasteiger partial charge on any atom is -0.465 e. The number of methoxy groups -OCH3 is 1. The van der Waals surface area contributed by atoms with Crippen LogP contribution >= 0.6 is 0 Å². The van der Waals surface area contributed by atoms with Gasteiger partial charge in [0.25, 0.3) is 0 Å². The minimum absolute atomic E-state index is 0.277. The Morgan fingerprint density at radius 1 is 1.24 bits per heavy atom. The molecular weight excluding hydrogens is 218 g/mol. The zero-order valence-electron chi connectivity index (χ0n) is 9.97. The zero-order chi connectivity index (χ0) is 12.3. The lowest BCUT2D eigenvalue weighted by atomic mass is 10.2. The van der Waals surface area contributed by atoms with Crippen LogP contribution in [0.5, 0.6) is 5.95 Å². The third-order valence-electron chi connectivity index (χ3n) is 2.25. The predicted octanol–water partition coefficient (Wildman–Crippen LogP) is 3.72. The summed E-state index contributed by atoms with van der Waals surface area (Å²) in [5, 5.41) is 12.0. The van der Waals surface area contributed by atoms with Gasteiger partial charge in [-0.15, -0.1) is 5.11 Å². The van der Waals surface area contributed by atoms with Crippen molar-refractivity contribution in [1.82, 2.24) is 5.16 Å². The third-order valence-corrected chi connectivity index (χ3v) is 2.25. The van der Waals surface area contributed by atoms with E-state index in [0.29, 0.717) is 11.4 Å². The van der Waals surface area contributed by atoms with E-state index in [9.17, 15) is 0 Å². The van der Waals surface area contributed by atoms with Gasteiger partial charge in [0.1, 0.15) is 5.69 Å². The lowest BCUT2D eigenvalue weighted by molar-refractivity contribution is 0.260. The van der Waals surface area contributed by atoms with Gasteiger partial charge in [-0.1, -0.05) is 17.3 Å². The molecule has 0 aliphatic rings. The molecule has 17 heavy (non-hydrogen) atoms. The fourth-order valence-corrected chi connectivity index (χ4v) is 1.39. The second kappa shape index (κ2) is 4.78. The number of hydrogen-bond acceptors (Lipinski definition) is 5. The van der Waals surface area contributed by atoms with E-state index in [0.717, 1.165) is 11.3 Å². The summed E-state index contributed by atoms with van der Waals surface area (Å²) >= 11 is 0. The monoisotopic (exact) mass is 231 g/mol. The van der Waals surface area contributed by atoms with Crippen molar-refractivity contribution in [2.24, 2.45) is 10.2 Å². The van der Waals surface area contributed by atoms with Gasteiger partial charge in [-0.2, -0.15) is 5.11 Å². The summed E-state index contributed by atoms with van der Waals surface area (Å²) in [5.41, 5.74) is 3.09. The van der Waals surface area contributed by atoms with Crippen LogP contribution in [0.4, 0.5) is 11.4 Å². The fraction of sp³-hybridized carbons (Fsp3) is 0.250. The molecule has 1 aromatic heterocycles. The number of hydrogen-bond donors (Lipinski definition) is 0. The van der Waals surface area contributed by atoms with E-state index in [4.69, 9.17) is 9.26 Å². The van der Waals surface area contributed by atoms with E-state index >= 15 is 0 Å². The van der Waals surface area contributed by atoms with Crippen molar-refractivity contribution in [1.29, 1.82) is 0 Å². The Morgan fingerprint density at radius 3 is 2.76 bits per heavy atom. The molecule has 0 atom stereocenters. The molecule has 0 spiro atoms. The van der Waals surface area contributed by atoms with Gasteiger partial charge in [0.15, 0.2) is 5.69 Å². The summed E-state index contributed by atoms with van der Waals surface area (Å²) in [6.07, 6.45) is 0. The highest BCUT2D eigenvalue weighted by Crippen LogP contribution is 2.32. The average molecular weight is 231 g/mol. The zero-order valence-corrected chi connectivity index (χ0v) is 9.97. The van der Waals surface area contributed by atoms with Crippen LogP contribution < -0.4 is 4.74 Å². The van der Waals surface area contributed by atoms with Gasteiger partial charge in [-0.05, 0) is 31.5 Å². The molecule has 5 heteroatoms.